The summed E-state index contributed by atoms with van der Waals surface area (Å²) < 4.78 is 5.17. The van der Waals surface area contributed by atoms with Gasteiger partial charge in [-0.1, -0.05) is 18.2 Å². The Balaban J connectivity index is 2.46. The number of carbonyl (C=O) groups excluding carboxylic acids is 2. The first-order valence-electron chi connectivity index (χ1n) is 7.69. The zero-order valence-corrected chi connectivity index (χ0v) is 14.6. The number of alkyl carbamates (subject to hydrolysis) is 1. The molecule has 0 atom stereocenters. The fourth-order valence-corrected chi connectivity index (χ4v) is 1.87. The van der Waals surface area contributed by atoms with E-state index >= 15 is 0 Å². The van der Waals surface area contributed by atoms with E-state index in [2.05, 4.69) is 10.6 Å². The fourth-order valence-electron chi connectivity index (χ4n) is 1.87. The number of ether oxygens (including phenoxy) is 1. The van der Waals surface area contributed by atoms with Gasteiger partial charge in [-0.2, -0.15) is 0 Å². The van der Waals surface area contributed by atoms with Crippen LogP contribution < -0.4 is 10.6 Å². The maximum absolute atomic E-state index is 11.6. The van der Waals surface area contributed by atoms with Gasteiger partial charge in [0.1, 0.15) is 5.60 Å². The number of hydrogen-bond acceptors (Lipinski definition) is 4. The van der Waals surface area contributed by atoms with Crippen LogP contribution in [-0.2, 0) is 16.1 Å². The highest BCUT2D eigenvalue weighted by molar-refractivity contribution is 5.73. The van der Waals surface area contributed by atoms with E-state index in [1.54, 1.807) is 18.9 Å². The largest absolute Gasteiger partial charge is 0.444 e. The van der Waals surface area contributed by atoms with Gasteiger partial charge in [-0.25, -0.2) is 4.79 Å². The molecule has 0 fully saturated rings. The second-order valence-electron chi connectivity index (χ2n) is 6.39. The summed E-state index contributed by atoms with van der Waals surface area (Å²) >= 11 is 0. The first-order valence-corrected chi connectivity index (χ1v) is 7.69. The quantitative estimate of drug-likeness (QED) is 0.790. The fraction of sp³-hybridized carbons (Fsp3) is 0.529. The predicted octanol–water partition coefficient (Wildman–Crippen LogP) is 2.60. The second kappa shape index (κ2) is 8.41. The number of benzene rings is 1. The zero-order chi connectivity index (χ0) is 17.5. The minimum absolute atomic E-state index is 0.0198. The van der Waals surface area contributed by atoms with E-state index in [0.29, 0.717) is 19.6 Å². The second-order valence-corrected chi connectivity index (χ2v) is 6.39. The third-order valence-corrected chi connectivity index (χ3v) is 3.07. The Labute approximate surface area is 138 Å². The molecule has 0 aliphatic heterocycles. The van der Waals surface area contributed by atoms with Crippen LogP contribution in [0.5, 0.6) is 0 Å². The monoisotopic (exact) mass is 321 g/mol. The van der Waals surface area contributed by atoms with Crippen molar-refractivity contribution in [1.29, 1.82) is 0 Å². The summed E-state index contributed by atoms with van der Waals surface area (Å²) in [7, 11) is 1.77. The summed E-state index contributed by atoms with van der Waals surface area (Å²) in [5.74, 6) is 0.0198. The Kier molecular flexibility index (Phi) is 6.88. The predicted molar refractivity (Wildman–Crippen MR) is 91.3 cm³/mol. The molecule has 0 aliphatic rings. The van der Waals surface area contributed by atoms with E-state index in [0.717, 1.165) is 11.3 Å². The van der Waals surface area contributed by atoms with Crippen molar-refractivity contribution < 1.29 is 14.3 Å². The van der Waals surface area contributed by atoms with Crippen molar-refractivity contribution in [2.45, 2.75) is 39.8 Å². The van der Waals surface area contributed by atoms with Crippen molar-refractivity contribution in [3.63, 3.8) is 0 Å². The molecule has 0 heterocycles. The van der Waals surface area contributed by atoms with Crippen LogP contribution in [0.25, 0.3) is 0 Å². The Morgan fingerprint density at radius 3 is 2.43 bits per heavy atom. The van der Waals surface area contributed by atoms with Crippen molar-refractivity contribution in [2.24, 2.45) is 0 Å². The van der Waals surface area contributed by atoms with Crippen LogP contribution in [0.4, 0.5) is 10.5 Å². The Hall–Kier alpha value is -2.24. The summed E-state index contributed by atoms with van der Waals surface area (Å²) in [6, 6.07) is 7.80. The van der Waals surface area contributed by atoms with Crippen molar-refractivity contribution in [1.82, 2.24) is 10.2 Å². The molecular weight excluding hydrogens is 294 g/mol. The van der Waals surface area contributed by atoms with Crippen LogP contribution in [-0.4, -0.2) is 42.6 Å². The number of anilines is 1. The Morgan fingerprint density at radius 2 is 1.83 bits per heavy atom. The maximum atomic E-state index is 11.6. The van der Waals surface area contributed by atoms with E-state index in [-0.39, 0.29) is 5.91 Å². The van der Waals surface area contributed by atoms with Crippen molar-refractivity contribution >= 4 is 17.7 Å². The minimum Gasteiger partial charge on any atom is -0.444 e. The molecule has 1 aromatic rings. The van der Waals surface area contributed by atoms with Crippen molar-refractivity contribution in [3.05, 3.63) is 29.8 Å². The van der Waals surface area contributed by atoms with Gasteiger partial charge < -0.3 is 20.3 Å². The third kappa shape index (κ3) is 7.54. The summed E-state index contributed by atoms with van der Waals surface area (Å²) in [6.45, 7) is 8.58. The molecule has 0 saturated heterocycles. The molecule has 128 valence electrons. The molecule has 0 bridgehead atoms. The van der Waals surface area contributed by atoms with Crippen LogP contribution in [0.1, 0.15) is 33.3 Å². The van der Waals surface area contributed by atoms with Gasteiger partial charge >= 0.3 is 6.09 Å². The summed E-state index contributed by atoms with van der Waals surface area (Å²) in [4.78, 5) is 24.6. The van der Waals surface area contributed by atoms with Gasteiger partial charge in [-0.3, -0.25) is 4.79 Å². The number of rotatable bonds is 6. The van der Waals surface area contributed by atoms with Crippen LogP contribution in [0.3, 0.4) is 0 Å². The number of para-hydroxylation sites is 1. The van der Waals surface area contributed by atoms with E-state index in [1.807, 2.05) is 45.0 Å². The number of carbonyl (C=O) groups is 2. The molecule has 0 spiro atoms. The van der Waals surface area contributed by atoms with Crippen LogP contribution in [0.15, 0.2) is 24.3 Å². The molecule has 0 aromatic heterocycles. The average molecular weight is 321 g/mol. The van der Waals surface area contributed by atoms with E-state index in [1.165, 1.54) is 0 Å². The van der Waals surface area contributed by atoms with Gasteiger partial charge in [0.15, 0.2) is 0 Å². The SMILES string of the molecule is CC(=O)N(C)Cc1ccccc1NCCNC(=O)OC(C)(C)C. The standard InChI is InChI=1S/C17H27N3O3/c1-13(21)20(5)12-14-8-6-7-9-15(14)18-10-11-19-16(22)23-17(2,3)4/h6-9,18H,10-12H2,1-5H3,(H,19,22). The summed E-state index contributed by atoms with van der Waals surface area (Å²) in [6.07, 6.45) is -0.427. The van der Waals surface area contributed by atoms with E-state index in [4.69, 9.17) is 4.74 Å². The van der Waals surface area contributed by atoms with Gasteiger partial charge in [0.25, 0.3) is 0 Å². The Bertz CT molecular complexity index is 538. The topological polar surface area (TPSA) is 70.7 Å². The van der Waals surface area contributed by atoms with Crippen LogP contribution >= 0.6 is 0 Å². The minimum atomic E-state index is -0.499. The van der Waals surface area contributed by atoms with E-state index < -0.39 is 11.7 Å². The molecule has 0 aliphatic carbocycles. The molecule has 2 amide bonds. The maximum Gasteiger partial charge on any atom is 0.407 e. The smallest absolute Gasteiger partial charge is 0.407 e. The first kappa shape index (κ1) is 18.8. The van der Waals surface area contributed by atoms with E-state index in [9.17, 15) is 9.59 Å². The van der Waals surface area contributed by atoms with Gasteiger partial charge in [0, 0.05) is 39.3 Å². The molecule has 23 heavy (non-hydrogen) atoms. The molecule has 0 unspecified atom stereocenters. The molecule has 1 aromatic carbocycles. The normalized spacial score (nSPS) is 10.8. The average Bonchev–Trinajstić information content (AvgIpc) is 2.43. The zero-order valence-electron chi connectivity index (χ0n) is 14.6. The molecule has 0 saturated carbocycles. The van der Waals surface area contributed by atoms with Gasteiger partial charge in [-0.05, 0) is 32.4 Å². The lowest BCUT2D eigenvalue weighted by Gasteiger charge is -2.20. The van der Waals surface area contributed by atoms with Crippen molar-refractivity contribution in [2.75, 3.05) is 25.5 Å². The molecule has 2 N–H and O–H groups in total. The number of hydrogen-bond donors (Lipinski definition) is 2. The van der Waals surface area contributed by atoms with Gasteiger partial charge in [-0.15, -0.1) is 0 Å². The lowest BCUT2D eigenvalue weighted by molar-refractivity contribution is -0.128. The lowest BCUT2D eigenvalue weighted by atomic mass is 10.1. The third-order valence-electron chi connectivity index (χ3n) is 3.07. The van der Waals surface area contributed by atoms with Crippen LogP contribution in [0.2, 0.25) is 0 Å². The summed E-state index contributed by atoms with van der Waals surface area (Å²) in [5, 5.41) is 5.97. The highest BCUT2D eigenvalue weighted by Gasteiger charge is 2.15. The van der Waals surface area contributed by atoms with Gasteiger partial charge in [0.05, 0.1) is 0 Å². The molecule has 6 heteroatoms. The molecular formula is C17H27N3O3. The van der Waals surface area contributed by atoms with Gasteiger partial charge in [0.2, 0.25) is 5.91 Å². The first-order chi connectivity index (χ1) is 10.7. The molecule has 0 radical (unpaired) electrons. The molecule has 6 nitrogen and oxygen atoms in total. The Morgan fingerprint density at radius 1 is 1.17 bits per heavy atom. The summed E-state index contributed by atoms with van der Waals surface area (Å²) in [5.41, 5.74) is 1.48. The number of nitrogens with one attached hydrogen (secondary N) is 2. The number of amides is 2. The highest BCUT2D eigenvalue weighted by Crippen LogP contribution is 2.16. The van der Waals surface area contributed by atoms with Crippen molar-refractivity contribution in [3.8, 4) is 0 Å². The number of nitrogens with zero attached hydrogens (tertiary/aromatic N) is 1. The molecule has 1 rings (SSSR count). The lowest BCUT2D eigenvalue weighted by Crippen LogP contribution is -2.35. The highest BCUT2D eigenvalue weighted by atomic mass is 16.6. The van der Waals surface area contributed by atoms with Crippen LogP contribution in [0, 0.1) is 0 Å².